The fourth-order valence-corrected chi connectivity index (χ4v) is 2.71. The molecule has 0 aliphatic rings. The van der Waals surface area contributed by atoms with Crippen LogP contribution in [0.4, 0.5) is 10.5 Å². The second kappa shape index (κ2) is 7.60. The Morgan fingerprint density at radius 3 is 2.50 bits per heavy atom. The molecule has 2 aromatic rings. The number of rotatable bonds is 5. The van der Waals surface area contributed by atoms with Gasteiger partial charge in [0.1, 0.15) is 0 Å². The molecule has 4 heteroatoms. The SMILES string of the molecule is COC(=O)Nc1cccc(CSCc2ccccc2)c1. The maximum Gasteiger partial charge on any atom is 0.411 e. The summed E-state index contributed by atoms with van der Waals surface area (Å²) >= 11 is 1.85. The Balaban J connectivity index is 1.86. The molecule has 1 N–H and O–H groups in total. The molecule has 104 valence electrons. The van der Waals surface area contributed by atoms with Gasteiger partial charge in [0.25, 0.3) is 0 Å². The summed E-state index contributed by atoms with van der Waals surface area (Å²) in [5.74, 6) is 1.89. The van der Waals surface area contributed by atoms with Gasteiger partial charge in [-0.05, 0) is 23.3 Å². The highest BCUT2D eigenvalue weighted by Crippen LogP contribution is 2.20. The van der Waals surface area contributed by atoms with Gasteiger partial charge in [0.2, 0.25) is 0 Å². The van der Waals surface area contributed by atoms with Crippen molar-refractivity contribution in [2.24, 2.45) is 0 Å². The first-order chi connectivity index (χ1) is 9.78. The van der Waals surface area contributed by atoms with Crippen LogP contribution in [-0.4, -0.2) is 13.2 Å². The highest BCUT2D eigenvalue weighted by molar-refractivity contribution is 7.97. The molecular weight excluding hydrogens is 270 g/mol. The molecule has 0 bridgehead atoms. The van der Waals surface area contributed by atoms with E-state index in [0.29, 0.717) is 0 Å². The summed E-state index contributed by atoms with van der Waals surface area (Å²) in [6.07, 6.45) is -0.445. The van der Waals surface area contributed by atoms with Crippen molar-refractivity contribution < 1.29 is 9.53 Å². The van der Waals surface area contributed by atoms with Crippen LogP contribution >= 0.6 is 11.8 Å². The highest BCUT2D eigenvalue weighted by Gasteiger charge is 2.01. The lowest BCUT2D eigenvalue weighted by Crippen LogP contribution is -2.10. The lowest BCUT2D eigenvalue weighted by atomic mass is 10.2. The van der Waals surface area contributed by atoms with E-state index >= 15 is 0 Å². The molecule has 0 saturated carbocycles. The fourth-order valence-electron chi connectivity index (χ4n) is 1.77. The molecule has 1 amide bonds. The van der Waals surface area contributed by atoms with Crippen LogP contribution in [-0.2, 0) is 16.2 Å². The van der Waals surface area contributed by atoms with E-state index in [1.807, 2.05) is 36.0 Å². The van der Waals surface area contributed by atoms with Gasteiger partial charge in [0, 0.05) is 17.2 Å². The van der Waals surface area contributed by atoms with Gasteiger partial charge < -0.3 is 4.74 Å². The summed E-state index contributed by atoms with van der Waals surface area (Å²) in [7, 11) is 1.36. The van der Waals surface area contributed by atoms with E-state index in [1.165, 1.54) is 18.2 Å². The van der Waals surface area contributed by atoms with Crippen molar-refractivity contribution in [3.63, 3.8) is 0 Å². The molecule has 0 aromatic heterocycles. The number of hydrogen-bond acceptors (Lipinski definition) is 3. The first-order valence-electron chi connectivity index (χ1n) is 6.33. The molecule has 0 heterocycles. The predicted octanol–water partition coefficient (Wildman–Crippen LogP) is 4.30. The number of hydrogen-bond donors (Lipinski definition) is 1. The molecule has 0 saturated heterocycles. The Hall–Kier alpha value is -1.94. The first-order valence-corrected chi connectivity index (χ1v) is 7.49. The molecule has 3 nitrogen and oxygen atoms in total. The predicted molar refractivity (Wildman–Crippen MR) is 83.9 cm³/mol. The van der Waals surface area contributed by atoms with E-state index in [9.17, 15) is 4.79 Å². The van der Waals surface area contributed by atoms with E-state index < -0.39 is 6.09 Å². The van der Waals surface area contributed by atoms with Gasteiger partial charge in [-0.3, -0.25) is 5.32 Å². The van der Waals surface area contributed by atoms with Gasteiger partial charge in [-0.2, -0.15) is 11.8 Å². The monoisotopic (exact) mass is 287 g/mol. The van der Waals surface area contributed by atoms with Gasteiger partial charge in [0.15, 0.2) is 0 Å². The average Bonchev–Trinajstić information content (AvgIpc) is 2.48. The minimum Gasteiger partial charge on any atom is -0.453 e. The minimum atomic E-state index is -0.445. The van der Waals surface area contributed by atoms with Gasteiger partial charge in [-0.15, -0.1) is 0 Å². The van der Waals surface area contributed by atoms with Crippen LogP contribution in [0.2, 0.25) is 0 Å². The molecule has 0 fully saturated rings. The minimum absolute atomic E-state index is 0.445. The van der Waals surface area contributed by atoms with Crippen molar-refractivity contribution in [2.75, 3.05) is 12.4 Å². The Bertz CT molecular complexity index is 557. The summed E-state index contributed by atoms with van der Waals surface area (Å²) in [6, 6.07) is 18.2. The second-order valence-electron chi connectivity index (χ2n) is 4.30. The Morgan fingerprint density at radius 1 is 1.05 bits per heavy atom. The quantitative estimate of drug-likeness (QED) is 0.891. The number of nitrogens with one attached hydrogen (secondary N) is 1. The average molecular weight is 287 g/mol. The normalized spacial score (nSPS) is 10.1. The van der Waals surface area contributed by atoms with E-state index in [1.54, 1.807) is 0 Å². The zero-order valence-electron chi connectivity index (χ0n) is 11.3. The van der Waals surface area contributed by atoms with E-state index in [4.69, 9.17) is 0 Å². The molecular formula is C16H17NO2S. The number of carbonyl (C=O) groups is 1. The van der Waals surface area contributed by atoms with Crippen molar-refractivity contribution in [3.8, 4) is 0 Å². The molecule has 0 atom stereocenters. The number of ether oxygens (including phenoxy) is 1. The maximum absolute atomic E-state index is 11.2. The van der Waals surface area contributed by atoms with Crippen LogP contribution in [0.3, 0.4) is 0 Å². The van der Waals surface area contributed by atoms with E-state index in [0.717, 1.165) is 17.2 Å². The summed E-state index contributed by atoms with van der Waals surface area (Å²) in [5, 5.41) is 2.67. The second-order valence-corrected chi connectivity index (χ2v) is 5.28. The molecule has 0 aliphatic heterocycles. The molecule has 0 radical (unpaired) electrons. The van der Waals surface area contributed by atoms with Crippen molar-refractivity contribution in [3.05, 3.63) is 65.7 Å². The van der Waals surface area contributed by atoms with E-state index in [2.05, 4.69) is 40.4 Å². The molecule has 2 aromatic carbocycles. The molecule has 0 aliphatic carbocycles. The van der Waals surface area contributed by atoms with Crippen molar-refractivity contribution in [1.29, 1.82) is 0 Å². The summed E-state index contributed by atoms with van der Waals surface area (Å²) < 4.78 is 4.58. The lowest BCUT2D eigenvalue weighted by Gasteiger charge is -2.06. The third kappa shape index (κ3) is 4.63. The zero-order chi connectivity index (χ0) is 14.2. The molecule has 0 unspecified atom stereocenters. The highest BCUT2D eigenvalue weighted by atomic mass is 32.2. The largest absolute Gasteiger partial charge is 0.453 e. The summed E-state index contributed by atoms with van der Waals surface area (Å²) in [4.78, 5) is 11.2. The smallest absolute Gasteiger partial charge is 0.411 e. The molecule has 2 rings (SSSR count). The maximum atomic E-state index is 11.2. The van der Waals surface area contributed by atoms with Gasteiger partial charge >= 0.3 is 6.09 Å². The van der Waals surface area contributed by atoms with Gasteiger partial charge in [0.05, 0.1) is 7.11 Å². The van der Waals surface area contributed by atoms with Crippen molar-refractivity contribution in [2.45, 2.75) is 11.5 Å². The standard InChI is InChI=1S/C16H17NO2S/c1-19-16(18)17-15-9-5-8-14(10-15)12-20-11-13-6-3-2-4-7-13/h2-10H,11-12H2,1H3,(H,17,18). The zero-order valence-corrected chi connectivity index (χ0v) is 12.2. The van der Waals surface area contributed by atoms with Gasteiger partial charge in [-0.1, -0.05) is 42.5 Å². The Labute approximate surface area is 123 Å². The van der Waals surface area contributed by atoms with Crippen LogP contribution in [0.5, 0.6) is 0 Å². The number of carbonyl (C=O) groups excluding carboxylic acids is 1. The van der Waals surface area contributed by atoms with Crippen LogP contribution in [0, 0.1) is 0 Å². The first kappa shape index (κ1) is 14.5. The number of benzene rings is 2. The molecule has 20 heavy (non-hydrogen) atoms. The summed E-state index contributed by atoms with van der Waals surface area (Å²) in [6.45, 7) is 0. The van der Waals surface area contributed by atoms with E-state index in [-0.39, 0.29) is 0 Å². The Kier molecular flexibility index (Phi) is 5.50. The number of amides is 1. The number of thioether (sulfide) groups is 1. The molecule has 0 spiro atoms. The van der Waals surface area contributed by atoms with Crippen molar-refractivity contribution in [1.82, 2.24) is 0 Å². The number of anilines is 1. The summed E-state index contributed by atoms with van der Waals surface area (Å²) in [5.41, 5.74) is 3.26. The fraction of sp³-hybridized carbons (Fsp3) is 0.188. The van der Waals surface area contributed by atoms with Crippen LogP contribution < -0.4 is 5.32 Å². The number of methoxy groups -OCH3 is 1. The third-order valence-electron chi connectivity index (χ3n) is 2.74. The van der Waals surface area contributed by atoms with Crippen LogP contribution in [0.1, 0.15) is 11.1 Å². The third-order valence-corrected chi connectivity index (χ3v) is 3.81. The topological polar surface area (TPSA) is 38.3 Å². The van der Waals surface area contributed by atoms with Crippen LogP contribution in [0.25, 0.3) is 0 Å². The lowest BCUT2D eigenvalue weighted by molar-refractivity contribution is 0.187. The van der Waals surface area contributed by atoms with Crippen LogP contribution in [0.15, 0.2) is 54.6 Å². The van der Waals surface area contributed by atoms with Crippen molar-refractivity contribution >= 4 is 23.5 Å². The Morgan fingerprint density at radius 2 is 1.75 bits per heavy atom. The van der Waals surface area contributed by atoms with Gasteiger partial charge in [-0.25, -0.2) is 4.79 Å².